The number of fused-ring (bicyclic) bond motifs is 3. The highest BCUT2D eigenvalue weighted by Crippen LogP contribution is 2.44. The lowest BCUT2D eigenvalue weighted by Crippen LogP contribution is -2.49. The molecule has 0 fully saturated rings. The number of alkyl carbamates (subject to hydrolysis) is 1. The lowest BCUT2D eigenvalue weighted by molar-refractivity contribution is -0.154. The monoisotopic (exact) mass is 611 g/mol. The van der Waals surface area contributed by atoms with E-state index in [0.29, 0.717) is 6.29 Å². The summed E-state index contributed by atoms with van der Waals surface area (Å²) in [6, 6.07) is 14.7. The molecule has 0 radical (unpaired) electrons. The highest BCUT2D eigenvalue weighted by atomic mass is 16.6. The van der Waals surface area contributed by atoms with Crippen molar-refractivity contribution >= 4 is 30.2 Å². The molecule has 1 atom stereocenters. The number of nitrogens with one attached hydrogen (secondary N) is 3. The molecule has 3 amide bonds. The first-order valence-corrected chi connectivity index (χ1v) is 14.6. The Morgan fingerprint density at radius 2 is 1.52 bits per heavy atom. The highest BCUT2D eigenvalue weighted by Gasteiger charge is 2.30. The van der Waals surface area contributed by atoms with Crippen molar-refractivity contribution < 1.29 is 42.9 Å². The molecule has 0 heterocycles. The van der Waals surface area contributed by atoms with Crippen molar-refractivity contribution in [2.24, 2.45) is 0 Å². The van der Waals surface area contributed by atoms with E-state index in [4.69, 9.17) is 18.9 Å². The van der Waals surface area contributed by atoms with Gasteiger partial charge in [0.1, 0.15) is 37.7 Å². The Hall–Kier alpha value is -4.29. The molecule has 0 bridgehead atoms. The predicted molar refractivity (Wildman–Crippen MR) is 161 cm³/mol. The first-order valence-electron chi connectivity index (χ1n) is 14.6. The summed E-state index contributed by atoms with van der Waals surface area (Å²) in [7, 11) is 0. The summed E-state index contributed by atoms with van der Waals surface area (Å²) in [6.07, 6.45) is -0.309. The van der Waals surface area contributed by atoms with Crippen LogP contribution in [0.3, 0.4) is 0 Å². The van der Waals surface area contributed by atoms with Crippen LogP contribution in [0.4, 0.5) is 4.79 Å². The molecule has 238 valence electrons. The molecule has 0 aromatic heterocycles. The fourth-order valence-corrected chi connectivity index (χ4v) is 4.69. The fourth-order valence-electron chi connectivity index (χ4n) is 4.69. The van der Waals surface area contributed by atoms with Crippen LogP contribution in [0.2, 0.25) is 0 Å². The second kappa shape index (κ2) is 17.1. The van der Waals surface area contributed by atoms with Gasteiger partial charge in [-0.15, -0.1) is 0 Å². The van der Waals surface area contributed by atoms with E-state index < -0.39 is 36.2 Å². The van der Waals surface area contributed by atoms with Crippen molar-refractivity contribution in [3.8, 4) is 11.1 Å². The lowest BCUT2D eigenvalue weighted by atomic mass is 9.98. The van der Waals surface area contributed by atoms with Crippen molar-refractivity contribution in [3.05, 3.63) is 59.7 Å². The number of ether oxygens (including phenoxy) is 4. The number of aldehydes is 1. The van der Waals surface area contributed by atoms with Crippen molar-refractivity contribution in [1.29, 1.82) is 0 Å². The van der Waals surface area contributed by atoms with Crippen molar-refractivity contribution in [2.75, 3.05) is 46.1 Å². The molecule has 12 heteroatoms. The normalized spacial score (nSPS) is 12.8. The molecule has 1 aliphatic carbocycles. The van der Waals surface area contributed by atoms with E-state index in [2.05, 4.69) is 16.0 Å². The number of hydrogen-bond donors (Lipinski definition) is 3. The Morgan fingerprint density at radius 3 is 2.16 bits per heavy atom. The van der Waals surface area contributed by atoms with Crippen LogP contribution in [0.5, 0.6) is 0 Å². The summed E-state index contributed by atoms with van der Waals surface area (Å²) in [6.45, 7) is 5.75. The van der Waals surface area contributed by atoms with E-state index in [-0.39, 0.29) is 64.2 Å². The lowest BCUT2D eigenvalue weighted by Gasteiger charge is -2.21. The minimum absolute atomic E-state index is 0.00329. The number of carbonyl (C=O) groups excluding carboxylic acids is 5. The molecule has 2 aromatic rings. The largest absolute Gasteiger partial charge is 0.459 e. The van der Waals surface area contributed by atoms with Crippen LogP contribution in [0.15, 0.2) is 48.5 Å². The van der Waals surface area contributed by atoms with E-state index >= 15 is 0 Å². The van der Waals surface area contributed by atoms with Gasteiger partial charge in [0.2, 0.25) is 11.8 Å². The minimum atomic E-state index is -1.15. The average Bonchev–Trinajstić information content (AvgIpc) is 3.31. The third-order valence-corrected chi connectivity index (χ3v) is 6.57. The van der Waals surface area contributed by atoms with Gasteiger partial charge in [-0.3, -0.25) is 14.4 Å². The SMILES string of the molecule is CC(C)(C)OC(=O)CNC(=O)C(CCC(=O)NCCOCCOCC=O)NC(=O)OCC1c2ccccc2-c2ccccc21. The number of amides is 3. The molecule has 3 N–H and O–H groups in total. The van der Waals surface area contributed by atoms with Gasteiger partial charge >= 0.3 is 12.1 Å². The van der Waals surface area contributed by atoms with Crippen LogP contribution >= 0.6 is 0 Å². The molecule has 1 unspecified atom stereocenters. The number of benzene rings is 2. The molecular weight excluding hydrogens is 570 g/mol. The molecular formula is C32H41N3O9. The quantitative estimate of drug-likeness (QED) is 0.139. The summed E-state index contributed by atoms with van der Waals surface area (Å²) in [5.74, 6) is -1.82. The molecule has 0 saturated heterocycles. The van der Waals surface area contributed by atoms with E-state index in [1.807, 2.05) is 48.5 Å². The Labute approximate surface area is 257 Å². The Bertz CT molecular complexity index is 1250. The van der Waals surface area contributed by atoms with Gasteiger partial charge in [-0.05, 0) is 49.4 Å². The maximum atomic E-state index is 13.0. The second-order valence-corrected chi connectivity index (χ2v) is 11.1. The van der Waals surface area contributed by atoms with Crippen LogP contribution in [-0.2, 0) is 38.1 Å². The molecule has 44 heavy (non-hydrogen) atoms. The van der Waals surface area contributed by atoms with Gasteiger partial charge in [0.15, 0.2) is 0 Å². The Balaban J connectivity index is 1.54. The van der Waals surface area contributed by atoms with Gasteiger partial charge < -0.3 is 39.7 Å². The smallest absolute Gasteiger partial charge is 0.407 e. The zero-order valence-electron chi connectivity index (χ0n) is 25.4. The van der Waals surface area contributed by atoms with E-state index in [9.17, 15) is 24.0 Å². The van der Waals surface area contributed by atoms with Crippen LogP contribution in [0.1, 0.15) is 50.7 Å². The van der Waals surface area contributed by atoms with E-state index in [1.165, 1.54) is 0 Å². The molecule has 2 aromatic carbocycles. The summed E-state index contributed by atoms with van der Waals surface area (Å²) in [5, 5.41) is 7.70. The molecule has 12 nitrogen and oxygen atoms in total. The van der Waals surface area contributed by atoms with Gasteiger partial charge in [0.05, 0.1) is 19.8 Å². The topological polar surface area (TPSA) is 158 Å². The summed E-state index contributed by atoms with van der Waals surface area (Å²) in [5.41, 5.74) is 3.52. The van der Waals surface area contributed by atoms with Gasteiger partial charge in [-0.2, -0.15) is 0 Å². The zero-order valence-corrected chi connectivity index (χ0v) is 25.4. The van der Waals surface area contributed by atoms with Crippen LogP contribution in [0.25, 0.3) is 11.1 Å². The summed E-state index contributed by atoms with van der Waals surface area (Å²) in [4.78, 5) is 60.6. The van der Waals surface area contributed by atoms with E-state index in [0.717, 1.165) is 22.3 Å². The third kappa shape index (κ3) is 11.1. The molecule has 0 spiro atoms. The fraction of sp³-hybridized carbons (Fsp3) is 0.469. The molecule has 0 saturated carbocycles. The van der Waals surface area contributed by atoms with Gasteiger partial charge in [-0.1, -0.05) is 48.5 Å². The predicted octanol–water partition coefficient (Wildman–Crippen LogP) is 2.48. The van der Waals surface area contributed by atoms with Gasteiger partial charge in [-0.25, -0.2) is 4.79 Å². The maximum Gasteiger partial charge on any atom is 0.407 e. The van der Waals surface area contributed by atoms with Crippen molar-refractivity contribution in [1.82, 2.24) is 16.0 Å². The molecule has 3 rings (SSSR count). The number of esters is 1. The van der Waals surface area contributed by atoms with Crippen LogP contribution < -0.4 is 16.0 Å². The maximum absolute atomic E-state index is 13.0. The molecule has 0 aliphatic heterocycles. The summed E-state index contributed by atoms with van der Waals surface area (Å²) >= 11 is 0. The standard InChI is InChI=1S/C32H41N3O9/c1-32(2,3)44-29(38)20-34-30(39)27(12-13-28(37)33-14-16-41-18-19-42-17-15-36)35-31(40)43-21-26-24-10-6-4-8-22(24)23-9-5-7-11-25(23)26/h4-11,15,26-27H,12-14,16-21H2,1-3H3,(H,33,37)(H,34,39)(H,35,40). The first kappa shape index (κ1) is 34.2. The third-order valence-electron chi connectivity index (χ3n) is 6.57. The zero-order chi connectivity index (χ0) is 32.0. The average molecular weight is 612 g/mol. The number of carbonyl (C=O) groups is 5. The highest BCUT2D eigenvalue weighted by molar-refractivity contribution is 5.89. The van der Waals surface area contributed by atoms with Gasteiger partial charge in [0.25, 0.3) is 0 Å². The summed E-state index contributed by atoms with van der Waals surface area (Å²) < 4.78 is 21.1. The molecule has 1 aliphatic rings. The van der Waals surface area contributed by atoms with E-state index in [1.54, 1.807) is 20.8 Å². The van der Waals surface area contributed by atoms with Crippen LogP contribution in [-0.4, -0.2) is 87.9 Å². The first-order chi connectivity index (χ1) is 21.1. The van der Waals surface area contributed by atoms with Crippen LogP contribution in [0, 0.1) is 0 Å². The number of hydrogen-bond acceptors (Lipinski definition) is 9. The minimum Gasteiger partial charge on any atom is -0.459 e. The Morgan fingerprint density at radius 1 is 0.886 bits per heavy atom. The van der Waals surface area contributed by atoms with Crippen molar-refractivity contribution in [2.45, 2.75) is 51.2 Å². The van der Waals surface area contributed by atoms with Crippen molar-refractivity contribution in [3.63, 3.8) is 0 Å². The Kier molecular flexibility index (Phi) is 13.3. The van der Waals surface area contributed by atoms with Gasteiger partial charge in [0, 0.05) is 18.9 Å². The number of rotatable bonds is 17. The second-order valence-electron chi connectivity index (χ2n) is 11.1.